The normalized spacial score (nSPS) is 32.0. The van der Waals surface area contributed by atoms with Gasteiger partial charge in [0, 0.05) is 11.2 Å². The van der Waals surface area contributed by atoms with E-state index >= 15 is 0 Å². The first kappa shape index (κ1) is 14.5. The molecular weight excluding hydrogens is 222 g/mol. The van der Waals surface area contributed by atoms with Crippen LogP contribution >= 0.6 is 0 Å². The molecular formula is C14H28B2O2. The van der Waals surface area contributed by atoms with Crippen molar-refractivity contribution in [3.63, 3.8) is 0 Å². The van der Waals surface area contributed by atoms with Crippen molar-refractivity contribution >= 4 is 13.6 Å². The average molecular weight is 250 g/mol. The van der Waals surface area contributed by atoms with Crippen molar-refractivity contribution in [2.75, 3.05) is 0 Å². The molecule has 2 heterocycles. The van der Waals surface area contributed by atoms with E-state index < -0.39 is 0 Å². The molecule has 4 heteroatoms. The van der Waals surface area contributed by atoms with Gasteiger partial charge < -0.3 is 9.31 Å². The number of rotatable bonds is 1. The van der Waals surface area contributed by atoms with Gasteiger partial charge in [0.15, 0.2) is 0 Å². The minimum absolute atomic E-state index is 0.0576. The highest BCUT2D eigenvalue weighted by Crippen LogP contribution is 2.51. The van der Waals surface area contributed by atoms with Crippen LogP contribution in [0.4, 0.5) is 0 Å². The van der Waals surface area contributed by atoms with Crippen LogP contribution in [0.2, 0.25) is 12.6 Å². The highest BCUT2D eigenvalue weighted by Gasteiger charge is 2.59. The van der Waals surface area contributed by atoms with Crippen molar-refractivity contribution in [1.82, 2.24) is 0 Å². The van der Waals surface area contributed by atoms with Gasteiger partial charge in [-0.25, -0.2) is 0 Å². The fourth-order valence-corrected chi connectivity index (χ4v) is 3.07. The summed E-state index contributed by atoms with van der Waals surface area (Å²) in [7, 11) is 0. The van der Waals surface area contributed by atoms with Crippen LogP contribution in [-0.4, -0.2) is 24.8 Å². The SMILES string of the molecule is CC1(C)CB(B2CC(C)(C)C(C)(C)O2)OC1(C)C. The Morgan fingerprint density at radius 1 is 0.611 bits per heavy atom. The van der Waals surface area contributed by atoms with Gasteiger partial charge in [-0.1, -0.05) is 27.7 Å². The quantitative estimate of drug-likeness (QED) is 0.660. The Morgan fingerprint density at radius 2 is 0.889 bits per heavy atom. The maximum Gasteiger partial charge on any atom is 0.293 e. The van der Waals surface area contributed by atoms with E-state index in [2.05, 4.69) is 55.4 Å². The third-order valence-electron chi connectivity index (χ3n) is 5.99. The first-order chi connectivity index (χ1) is 7.88. The minimum Gasteiger partial charge on any atom is -0.435 e. The van der Waals surface area contributed by atoms with E-state index in [9.17, 15) is 0 Å². The molecule has 2 nitrogen and oxygen atoms in total. The molecule has 0 saturated carbocycles. The second-order valence-electron chi connectivity index (χ2n) is 8.51. The van der Waals surface area contributed by atoms with Crippen LogP contribution < -0.4 is 0 Å². The lowest BCUT2D eigenvalue weighted by molar-refractivity contribution is 0.0308. The molecule has 0 aliphatic carbocycles. The molecule has 0 aromatic rings. The molecule has 18 heavy (non-hydrogen) atoms. The second kappa shape index (κ2) is 3.79. The van der Waals surface area contributed by atoms with E-state index in [1.165, 1.54) is 0 Å². The summed E-state index contributed by atoms with van der Waals surface area (Å²) >= 11 is 0. The van der Waals surface area contributed by atoms with Crippen molar-refractivity contribution in [2.45, 2.75) is 79.2 Å². The van der Waals surface area contributed by atoms with Gasteiger partial charge >= 0.3 is 0 Å². The summed E-state index contributed by atoms with van der Waals surface area (Å²) in [6.07, 6.45) is 2.19. The van der Waals surface area contributed by atoms with Gasteiger partial charge in [0.05, 0.1) is 0 Å². The Kier molecular flexibility index (Phi) is 3.04. The molecule has 102 valence electrons. The molecule has 0 aromatic carbocycles. The summed E-state index contributed by atoms with van der Waals surface area (Å²) in [4.78, 5) is 0. The van der Waals surface area contributed by atoms with E-state index in [-0.39, 0.29) is 35.6 Å². The Bertz CT molecular complexity index is 282. The molecule has 0 amide bonds. The second-order valence-corrected chi connectivity index (χ2v) is 8.51. The van der Waals surface area contributed by atoms with Crippen LogP contribution in [-0.2, 0) is 9.31 Å². The smallest absolute Gasteiger partial charge is 0.293 e. The van der Waals surface area contributed by atoms with Gasteiger partial charge in [0.1, 0.15) is 0 Å². The molecule has 2 saturated heterocycles. The van der Waals surface area contributed by atoms with Crippen LogP contribution in [0.1, 0.15) is 55.4 Å². The first-order valence-corrected chi connectivity index (χ1v) is 7.24. The monoisotopic (exact) mass is 250 g/mol. The molecule has 0 aromatic heterocycles. The van der Waals surface area contributed by atoms with Gasteiger partial charge in [0.25, 0.3) is 13.6 Å². The predicted octanol–water partition coefficient (Wildman–Crippen LogP) is 3.72. The summed E-state index contributed by atoms with van der Waals surface area (Å²) in [6.45, 7) is 18.5. The maximum atomic E-state index is 6.31. The molecule has 0 bridgehead atoms. The van der Waals surface area contributed by atoms with Crippen molar-refractivity contribution in [3.8, 4) is 0 Å². The molecule has 2 fully saturated rings. The molecule has 0 spiro atoms. The van der Waals surface area contributed by atoms with Crippen LogP contribution in [0.25, 0.3) is 0 Å². The van der Waals surface area contributed by atoms with Crippen molar-refractivity contribution < 1.29 is 9.31 Å². The molecule has 2 aliphatic heterocycles. The third-order valence-corrected chi connectivity index (χ3v) is 5.99. The molecule has 0 unspecified atom stereocenters. The maximum absolute atomic E-state index is 6.31. The molecule has 2 rings (SSSR count). The Balaban J connectivity index is 2.14. The summed E-state index contributed by atoms with van der Waals surface area (Å²) in [5.41, 5.74) is 0.325. The van der Waals surface area contributed by atoms with E-state index in [4.69, 9.17) is 9.31 Å². The molecule has 0 atom stereocenters. The van der Waals surface area contributed by atoms with E-state index in [1.807, 2.05) is 0 Å². The predicted molar refractivity (Wildman–Crippen MR) is 79.0 cm³/mol. The zero-order valence-electron chi connectivity index (χ0n) is 13.4. The van der Waals surface area contributed by atoms with Gasteiger partial charge in [0.2, 0.25) is 0 Å². The van der Waals surface area contributed by atoms with Crippen molar-refractivity contribution in [2.24, 2.45) is 10.8 Å². The fourth-order valence-electron chi connectivity index (χ4n) is 3.07. The minimum atomic E-state index is -0.0576. The highest BCUT2D eigenvalue weighted by molar-refractivity contribution is 7.17. The summed E-state index contributed by atoms with van der Waals surface area (Å²) < 4.78 is 12.6. The highest BCUT2D eigenvalue weighted by atomic mass is 16.5. The van der Waals surface area contributed by atoms with E-state index in [1.54, 1.807) is 0 Å². The fraction of sp³-hybridized carbons (Fsp3) is 1.00. The van der Waals surface area contributed by atoms with Crippen molar-refractivity contribution in [3.05, 3.63) is 0 Å². The van der Waals surface area contributed by atoms with Gasteiger partial charge in [-0.15, -0.1) is 0 Å². The van der Waals surface area contributed by atoms with Crippen molar-refractivity contribution in [1.29, 1.82) is 0 Å². The van der Waals surface area contributed by atoms with Crippen LogP contribution in [0.15, 0.2) is 0 Å². The van der Waals surface area contributed by atoms with Gasteiger partial charge in [-0.05, 0) is 51.2 Å². The Morgan fingerprint density at radius 3 is 1.06 bits per heavy atom. The van der Waals surface area contributed by atoms with Crippen LogP contribution in [0.5, 0.6) is 0 Å². The topological polar surface area (TPSA) is 18.5 Å². The molecule has 0 N–H and O–H groups in total. The summed E-state index contributed by atoms with van der Waals surface area (Å²) in [6, 6.07) is 0. The van der Waals surface area contributed by atoms with Gasteiger partial charge in [-0.2, -0.15) is 0 Å². The first-order valence-electron chi connectivity index (χ1n) is 7.24. The average Bonchev–Trinajstić information content (AvgIpc) is 2.45. The lowest BCUT2D eigenvalue weighted by Crippen LogP contribution is -2.40. The standard InChI is InChI=1S/C14H28B2O2/c1-11(2)9-15(17-13(11,5)6)16-10-12(3,4)14(7,8)18-16/h9-10H2,1-8H3. The third kappa shape index (κ3) is 2.06. The zero-order valence-corrected chi connectivity index (χ0v) is 13.4. The van der Waals surface area contributed by atoms with Gasteiger partial charge in [-0.3, -0.25) is 0 Å². The summed E-state index contributed by atoms with van der Waals surface area (Å²) in [5.74, 6) is 0. The molecule has 2 aliphatic rings. The summed E-state index contributed by atoms with van der Waals surface area (Å²) in [5, 5.41) is 0. The molecule has 0 radical (unpaired) electrons. The number of hydrogen-bond donors (Lipinski definition) is 0. The van der Waals surface area contributed by atoms with Crippen LogP contribution in [0.3, 0.4) is 0 Å². The van der Waals surface area contributed by atoms with Crippen LogP contribution in [0, 0.1) is 10.8 Å². The lowest BCUT2D eigenvalue weighted by atomic mass is 9.23. The number of hydrogen-bond acceptors (Lipinski definition) is 2. The Labute approximate surface area is 113 Å². The van der Waals surface area contributed by atoms with E-state index in [0.29, 0.717) is 0 Å². The van der Waals surface area contributed by atoms with E-state index in [0.717, 1.165) is 12.6 Å². The Hall–Kier alpha value is 0.0499. The largest absolute Gasteiger partial charge is 0.435 e. The zero-order chi connectivity index (χ0) is 14.0. The lowest BCUT2D eigenvalue weighted by Gasteiger charge is -2.34.